The van der Waals surface area contributed by atoms with Crippen LogP contribution in [0.5, 0.6) is 0 Å². The summed E-state index contributed by atoms with van der Waals surface area (Å²) < 4.78 is 0. The van der Waals surface area contributed by atoms with Gasteiger partial charge in [0.15, 0.2) is 5.78 Å². The standard InChI is InChI=1S/C24H23ClN4O3S/c1-12-7-15(13(2)33-12)21-16(11-26)23(27)28(18-6-5-14(29(31)32)8-17(18)25)19-9-24(3,4)10-20(30)22(19)21/h5-8,21H,9-10,27H2,1-4H3/t21-/m0/s1. The predicted octanol–water partition coefficient (Wildman–Crippen LogP) is 5.87. The lowest BCUT2D eigenvalue weighted by Gasteiger charge is -2.44. The van der Waals surface area contributed by atoms with Gasteiger partial charge in [-0.05, 0) is 43.4 Å². The fourth-order valence-corrected chi connectivity index (χ4v) is 6.05. The van der Waals surface area contributed by atoms with Gasteiger partial charge in [0, 0.05) is 39.6 Å². The summed E-state index contributed by atoms with van der Waals surface area (Å²) in [5.74, 6) is -0.393. The zero-order valence-electron chi connectivity index (χ0n) is 18.7. The highest BCUT2D eigenvalue weighted by Crippen LogP contribution is 2.52. The first-order valence-electron chi connectivity index (χ1n) is 10.4. The molecule has 9 heteroatoms. The predicted molar refractivity (Wildman–Crippen MR) is 129 cm³/mol. The van der Waals surface area contributed by atoms with Crippen LogP contribution in [0.4, 0.5) is 11.4 Å². The second-order valence-corrected chi connectivity index (χ2v) is 11.1. The van der Waals surface area contributed by atoms with Crippen LogP contribution in [0.3, 0.4) is 0 Å². The molecule has 1 aliphatic carbocycles. The minimum atomic E-state index is -0.549. The Morgan fingerprint density at radius 3 is 2.55 bits per heavy atom. The van der Waals surface area contributed by atoms with Gasteiger partial charge in [-0.15, -0.1) is 11.3 Å². The second-order valence-electron chi connectivity index (χ2n) is 9.24. The summed E-state index contributed by atoms with van der Waals surface area (Å²) in [5, 5.41) is 21.5. The minimum absolute atomic E-state index is 0.0298. The van der Waals surface area contributed by atoms with Crippen LogP contribution in [0.15, 0.2) is 46.9 Å². The van der Waals surface area contributed by atoms with E-state index < -0.39 is 10.8 Å². The van der Waals surface area contributed by atoms with E-state index in [0.29, 0.717) is 29.8 Å². The van der Waals surface area contributed by atoms with Crippen molar-refractivity contribution >= 4 is 40.1 Å². The molecule has 0 spiro atoms. The molecule has 2 N–H and O–H groups in total. The number of halogens is 1. The summed E-state index contributed by atoms with van der Waals surface area (Å²) in [6.45, 7) is 8.00. The number of aryl methyl sites for hydroxylation is 2. The Balaban J connectivity index is 2.02. The van der Waals surface area contributed by atoms with Gasteiger partial charge >= 0.3 is 0 Å². The van der Waals surface area contributed by atoms with Crippen LogP contribution < -0.4 is 10.6 Å². The molecule has 0 saturated carbocycles. The lowest BCUT2D eigenvalue weighted by molar-refractivity contribution is -0.384. The molecule has 0 fully saturated rings. The molecule has 7 nitrogen and oxygen atoms in total. The molecule has 2 aromatic rings. The number of nitriles is 1. The molecule has 0 bridgehead atoms. The Bertz CT molecular complexity index is 1320. The maximum Gasteiger partial charge on any atom is 0.271 e. The Morgan fingerprint density at radius 2 is 2.00 bits per heavy atom. The number of hydrogen-bond donors (Lipinski definition) is 1. The summed E-state index contributed by atoms with van der Waals surface area (Å²) >= 11 is 8.09. The van der Waals surface area contributed by atoms with Gasteiger partial charge in [0.2, 0.25) is 0 Å². The number of ketones is 1. The third-order valence-electron chi connectivity index (χ3n) is 6.15. The SMILES string of the molecule is Cc1cc([C@H]2C(C#N)=C(N)N(c3ccc([N+](=O)[O-])cc3Cl)C3=C2C(=O)CC(C)(C)C3)c(C)s1. The largest absolute Gasteiger partial charge is 0.384 e. The molecule has 1 atom stereocenters. The highest BCUT2D eigenvalue weighted by molar-refractivity contribution is 7.12. The summed E-state index contributed by atoms with van der Waals surface area (Å²) in [6, 6.07) is 8.37. The van der Waals surface area contributed by atoms with Crippen molar-refractivity contribution in [3.8, 4) is 6.07 Å². The number of nitro benzene ring substituents is 1. The van der Waals surface area contributed by atoms with Crippen molar-refractivity contribution in [1.82, 2.24) is 0 Å². The molecule has 1 aromatic carbocycles. The van der Waals surface area contributed by atoms with Gasteiger partial charge in [-0.25, -0.2) is 0 Å². The summed E-state index contributed by atoms with van der Waals surface area (Å²) in [4.78, 5) is 28.0. The maximum absolute atomic E-state index is 13.5. The third-order valence-corrected chi connectivity index (χ3v) is 7.44. The number of rotatable bonds is 3. The van der Waals surface area contributed by atoms with Crippen molar-refractivity contribution in [2.24, 2.45) is 11.1 Å². The molecule has 0 saturated heterocycles. The highest BCUT2D eigenvalue weighted by Gasteiger charge is 2.45. The number of anilines is 1. The first-order chi connectivity index (χ1) is 15.4. The Kier molecular flexibility index (Phi) is 5.59. The zero-order valence-corrected chi connectivity index (χ0v) is 20.3. The van der Waals surface area contributed by atoms with Crippen LogP contribution in [0, 0.1) is 40.7 Å². The topological polar surface area (TPSA) is 113 Å². The van der Waals surface area contributed by atoms with Crippen LogP contribution in [0.2, 0.25) is 5.02 Å². The highest BCUT2D eigenvalue weighted by atomic mass is 35.5. The fraction of sp³-hybridized carbons (Fsp3) is 0.333. The van der Waals surface area contributed by atoms with Crippen LogP contribution in [-0.2, 0) is 4.79 Å². The first-order valence-corrected chi connectivity index (χ1v) is 11.6. The van der Waals surface area contributed by atoms with Gasteiger partial charge in [-0.3, -0.25) is 19.8 Å². The number of nitro groups is 1. The minimum Gasteiger partial charge on any atom is -0.384 e. The monoisotopic (exact) mass is 482 g/mol. The Morgan fingerprint density at radius 1 is 1.30 bits per heavy atom. The van der Waals surface area contributed by atoms with Crippen molar-refractivity contribution < 1.29 is 9.72 Å². The van der Waals surface area contributed by atoms with E-state index in [1.165, 1.54) is 18.2 Å². The average Bonchev–Trinajstić information content (AvgIpc) is 3.04. The Labute approximate surface area is 200 Å². The molecule has 0 radical (unpaired) electrons. The van der Waals surface area contributed by atoms with E-state index in [-0.39, 0.29) is 33.3 Å². The zero-order chi connectivity index (χ0) is 24.2. The molecule has 0 amide bonds. The number of Topliss-reactive ketones (excluding diaryl/α,β-unsaturated/α-hetero) is 1. The van der Waals surface area contributed by atoms with Crippen molar-refractivity contribution in [1.29, 1.82) is 5.26 Å². The van der Waals surface area contributed by atoms with Crippen LogP contribution in [0.1, 0.15) is 47.9 Å². The van der Waals surface area contributed by atoms with Gasteiger partial charge in [0.05, 0.1) is 33.2 Å². The van der Waals surface area contributed by atoms with Gasteiger partial charge in [0.1, 0.15) is 5.82 Å². The quantitative estimate of drug-likeness (QED) is 0.432. The van der Waals surface area contributed by atoms with E-state index >= 15 is 0 Å². The first kappa shape index (κ1) is 23.0. The smallest absolute Gasteiger partial charge is 0.271 e. The number of nitrogens with two attached hydrogens (primary N) is 1. The van der Waals surface area contributed by atoms with E-state index in [1.807, 2.05) is 33.8 Å². The van der Waals surface area contributed by atoms with Crippen molar-refractivity contribution in [3.63, 3.8) is 0 Å². The maximum atomic E-state index is 13.5. The van der Waals surface area contributed by atoms with Gasteiger partial charge in [-0.2, -0.15) is 5.26 Å². The second kappa shape index (κ2) is 8.01. The number of hydrogen-bond acceptors (Lipinski definition) is 7. The normalized spacial score (nSPS) is 20.1. The number of nitrogens with zero attached hydrogens (tertiary/aromatic N) is 3. The molecule has 33 heavy (non-hydrogen) atoms. The van der Waals surface area contributed by atoms with Crippen molar-refractivity contribution in [2.75, 3.05) is 4.90 Å². The van der Waals surface area contributed by atoms with E-state index in [4.69, 9.17) is 17.3 Å². The van der Waals surface area contributed by atoms with Gasteiger partial charge in [0.25, 0.3) is 5.69 Å². The number of non-ortho nitro benzene ring substituents is 1. The van der Waals surface area contributed by atoms with Crippen molar-refractivity contribution in [2.45, 2.75) is 46.5 Å². The average molecular weight is 483 g/mol. The molecule has 2 aliphatic rings. The van der Waals surface area contributed by atoms with Crippen molar-refractivity contribution in [3.05, 3.63) is 77.4 Å². The summed E-state index contributed by atoms with van der Waals surface area (Å²) in [7, 11) is 0. The van der Waals surface area contributed by atoms with Gasteiger partial charge < -0.3 is 5.73 Å². The lowest BCUT2D eigenvalue weighted by Crippen LogP contribution is -2.42. The number of carbonyl (C=O) groups is 1. The van der Waals surface area contributed by atoms with E-state index in [2.05, 4.69) is 6.07 Å². The summed E-state index contributed by atoms with van der Waals surface area (Å²) in [6.07, 6.45) is 0.893. The fourth-order valence-electron chi connectivity index (χ4n) is 4.82. The van der Waals surface area contributed by atoms with E-state index in [1.54, 1.807) is 16.2 Å². The molecular weight excluding hydrogens is 460 g/mol. The molecule has 170 valence electrons. The van der Waals surface area contributed by atoms with Crippen LogP contribution >= 0.6 is 22.9 Å². The number of allylic oxidation sites excluding steroid dienone is 3. The third kappa shape index (κ3) is 3.81. The molecule has 1 aromatic heterocycles. The van der Waals surface area contributed by atoms with Crippen LogP contribution in [-0.4, -0.2) is 10.7 Å². The summed E-state index contributed by atoms with van der Waals surface area (Å²) in [5.41, 5.74) is 8.96. The van der Waals surface area contributed by atoms with E-state index in [0.717, 1.165) is 15.3 Å². The number of thiophene rings is 1. The molecule has 0 unspecified atom stereocenters. The van der Waals surface area contributed by atoms with E-state index in [9.17, 15) is 20.2 Å². The number of benzene rings is 1. The molecule has 1 aliphatic heterocycles. The molecule has 2 heterocycles. The van der Waals surface area contributed by atoms with Crippen LogP contribution in [0.25, 0.3) is 0 Å². The van der Waals surface area contributed by atoms with Gasteiger partial charge in [-0.1, -0.05) is 25.4 Å². The number of carbonyl (C=O) groups excluding carboxylic acids is 1. The molecular formula is C24H23ClN4O3S. The lowest BCUT2D eigenvalue weighted by atomic mass is 9.68. The Hall–Kier alpha value is -3.15. The molecule has 4 rings (SSSR count).